The van der Waals surface area contributed by atoms with Gasteiger partial charge in [-0.3, -0.25) is 4.98 Å². The molecular formula is C30H33ClN2O4. The Morgan fingerprint density at radius 3 is 2.46 bits per heavy atom. The molecule has 3 aromatic rings. The maximum atomic E-state index is 11.5. The van der Waals surface area contributed by atoms with Crippen LogP contribution in [0.1, 0.15) is 49.8 Å². The SMILES string of the molecule is CC(C)(Oc1cccc(/C(=C/CCN2CCC(O)(c3ccc(Cl)cc3)CC2)c2cccnc2)c1)C(=O)O. The van der Waals surface area contributed by atoms with Crippen LogP contribution in [0.25, 0.3) is 5.57 Å². The first-order chi connectivity index (χ1) is 17.7. The Morgan fingerprint density at radius 1 is 1.11 bits per heavy atom. The molecule has 2 N–H and O–H groups in total. The monoisotopic (exact) mass is 520 g/mol. The second-order valence-electron chi connectivity index (χ2n) is 9.97. The summed E-state index contributed by atoms with van der Waals surface area (Å²) in [4.78, 5) is 18.2. The van der Waals surface area contributed by atoms with E-state index in [-0.39, 0.29) is 0 Å². The molecule has 0 atom stereocenters. The van der Waals surface area contributed by atoms with Gasteiger partial charge < -0.3 is 19.8 Å². The second kappa shape index (κ2) is 11.5. The van der Waals surface area contributed by atoms with Crippen molar-refractivity contribution in [3.63, 3.8) is 0 Å². The Hall–Kier alpha value is -3.19. The first-order valence-corrected chi connectivity index (χ1v) is 12.9. The van der Waals surface area contributed by atoms with Crippen molar-refractivity contribution in [3.8, 4) is 5.75 Å². The lowest BCUT2D eigenvalue weighted by Gasteiger charge is -2.38. The molecule has 1 saturated heterocycles. The van der Waals surface area contributed by atoms with Gasteiger partial charge in [-0.15, -0.1) is 0 Å². The molecule has 0 radical (unpaired) electrons. The third-order valence-corrected chi connectivity index (χ3v) is 7.12. The zero-order chi connectivity index (χ0) is 26.5. The quantitative estimate of drug-likeness (QED) is 0.372. The lowest BCUT2D eigenvalue weighted by atomic mass is 9.84. The number of pyridine rings is 1. The van der Waals surface area contributed by atoms with E-state index in [9.17, 15) is 15.0 Å². The summed E-state index contributed by atoms with van der Waals surface area (Å²) in [5, 5.41) is 21.3. The van der Waals surface area contributed by atoms with Crippen LogP contribution in [0.4, 0.5) is 0 Å². The fourth-order valence-electron chi connectivity index (χ4n) is 4.58. The molecule has 37 heavy (non-hydrogen) atoms. The molecule has 2 aromatic carbocycles. The number of rotatable bonds is 9. The molecule has 1 fully saturated rings. The molecule has 2 heterocycles. The van der Waals surface area contributed by atoms with Gasteiger partial charge >= 0.3 is 5.97 Å². The Labute approximate surface area is 223 Å². The molecule has 0 saturated carbocycles. The molecule has 4 rings (SSSR count). The molecule has 1 aliphatic heterocycles. The fraction of sp³-hybridized carbons (Fsp3) is 0.333. The molecule has 1 aliphatic rings. The molecule has 0 bridgehead atoms. The van der Waals surface area contributed by atoms with E-state index in [1.807, 2.05) is 60.8 Å². The number of piperidine rings is 1. The Balaban J connectivity index is 1.46. The number of hydrogen-bond donors (Lipinski definition) is 2. The van der Waals surface area contributed by atoms with E-state index in [4.69, 9.17) is 16.3 Å². The zero-order valence-corrected chi connectivity index (χ0v) is 22.0. The standard InChI is InChI=1S/C30H33ClN2O4/c1-29(2,28(34)35)37-26-8-3-6-22(20-26)27(23-7-4-16-32-21-23)9-5-17-33-18-14-30(36,15-19-33)24-10-12-25(31)13-11-24/h3-4,6-13,16,20-21,36H,5,14-15,17-19H2,1-2H3,(H,34,35)/b27-9-. The summed E-state index contributed by atoms with van der Waals surface area (Å²) >= 11 is 6.01. The molecule has 194 valence electrons. The van der Waals surface area contributed by atoms with E-state index in [2.05, 4.69) is 16.0 Å². The molecule has 0 amide bonds. The highest BCUT2D eigenvalue weighted by Gasteiger charge is 2.33. The van der Waals surface area contributed by atoms with Gasteiger partial charge in [0, 0.05) is 42.6 Å². The highest BCUT2D eigenvalue weighted by molar-refractivity contribution is 6.30. The van der Waals surface area contributed by atoms with E-state index in [1.54, 1.807) is 12.3 Å². The molecule has 0 aliphatic carbocycles. The molecule has 0 unspecified atom stereocenters. The predicted molar refractivity (Wildman–Crippen MR) is 146 cm³/mol. The first-order valence-electron chi connectivity index (χ1n) is 12.5. The summed E-state index contributed by atoms with van der Waals surface area (Å²) in [6.07, 6.45) is 7.92. The largest absolute Gasteiger partial charge is 0.478 e. The number of aromatic nitrogens is 1. The van der Waals surface area contributed by atoms with Crippen LogP contribution in [0, 0.1) is 0 Å². The highest BCUT2D eigenvalue weighted by Crippen LogP contribution is 2.34. The highest BCUT2D eigenvalue weighted by atomic mass is 35.5. The average Bonchev–Trinajstić information content (AvgIpc) is 2.88. The van der Waals surface area contributed by atoms with Gasteiger partial charge in [0.25, 0.3) is 0 Å². The number of hydrogen-bond acceptors (Lipinski definition) is 5. The van der Waals surface area contributed by atoms with Crippen LogP contribution in [0.3, 0.4) is 0 Å². The Morgan fingerprint density at radius 2 is 1.81 bits per heavy atom. The van der Waals surface area contributed by atoms with Gasteiger partial charge in [0.15, 0.2) is 5.60 Å². The minimum Gasteiger partial charge on any atom is -0.478 e. The second-order valence-corrected chi connectivity index (χ2v) is 10.4. The van der Waals surface area contributed by atoms with E-state index in [1.165, 1.54) is 13.8 Å². The van der Waals surface area contributed by atoms with Crippen LogP contribution in [0.2, 0.25) is 5.02 Å². The van der Waals surface area contributed by atoms with Crippen molar-refractivity contribution in [2.75, 3.05) is 19.6 Å². The normalized spacial score (nSPS) is 16.4. The van der Waals surface area contributed by atoms with Crippen molar-refractivity contribution in [1.29, 1.82) is 0 Å². The number of nitrogens with zero attached hydrogens (tertiary/aromatic N) is 2. The summed E-state index contributed by atoms with van der Waals surface area (Å²) in [6, 6.07) is 18.9. The lowest BCUT2D eigenvalue weighted by molar-refractivity contribution is -0.152. The summed E-state index contributed by atoms with van der Waals surface area (Å²) in [5.41, 5.74) is 1.70. The van der Waals surface area contributed by atoms with Crippen LogP contribution >= 0.6 is 11.6 Å². The Bertz CT molecular complexity index is 1230. The van der Waals surface area contributed by atoms with Gasteiger partial charge in [0.1, 0.15) is 5.75 Å². The van der Waals surface area contributed by atoms with E-state index >= 15 is 0 Å². The average molecular weight is 521 g/mol. The van der Waals surface area contributed by atoms with Crippen molar-refractivity contribution >= 4 is 23.1 Å². The number of aliphatic carboxylic acids is 1. The molecule has 6 nitrogen and oxygen atoms in total. The van der Waals surface area contributed by atoms with Gasteiger partial charge in [-0.2, -0.15) is 0 Å². The van der Waals surface area contributed by atoms with Crippen molar-refractivity contribution in [2.45, 2.75) is 44.3 Å². The predicted octanol–water partition coefficient (Wildman–Crippen LogP) is 5.78. The van der Waals surface area contributed by atoms with E-state index in [0.717, 1.165) is 48.3 Å². The molecule has 0 spiro atoms. The van der Waals surface area contributed by atoms with Gasteiger partial charge in [-0.25, -0.2) is 4.79 Å². The van der Waals surface area contributed by atoms with Crippen molar-refractivity contribution in [3.05, 3.63) is 101 Å². The number of aliphatic hydroxyl groups is 1. The molecule has 1 aromatic heterocycles. The van der Waals surface area contributed by atoms with Crippen molar-refractivity contribution < 1.29 is 19.7 Å². The number of likely N-dealkylation sites (tertiary alicyclic amines) is 1. The number of ether oxygens (including phenoxy) is 1. The summed E-state index contributed by atoms with van der Waals surface area (Å²) in [5.74, 6) is -0.525. The minimum absolute atomic E-state index is 0.497. The lowest BCUT2D eigenvalue weighted by Crippen LogP contribution is -2.42. The van der Waals surface area contributed by atoms with Crippen LogP contribution in [-0.2, 0) is 10.4 Å². The number of carboxylic acid groups (broad SMARTS) is 1. The Kier molecular flexibility index (Phi) is 8.32. The first kappa shape index (κ1) is 26.9. The minimum atomic E-state index is -1.33. The van der Waals surface area contributed by atoms with Gasteiger partial charge in [-0.1, -0.05) is 48.0 Å². The maximum absolute atomic E-state index is 11.5. The van der Waals surface area contributed by atoms with Crippen LogP contribution in [-0.4, -0.2) is 51.3 Å². The smallest absolute Gasteiger partial charge is 0.347 e. The van der Waals surface area contributed by atoms with E-state index < -0.39 is 17.2 Å². The van der Waals surface area contributed by atoms with Gasteiger partial charge in [0.2, 0.25) is 0 Å². The van der Waals surface area contributed by atoms with Gasteiger partial charge in [0.05, 0.1) is 5.60 Å². The van der Waals surface area contributed by atoms with Crippen LogP contribution in [0.15, 0.2) is 79.1 Å². The number of benzene rings is 2. The molecule has 7 heteroatoms. The van der Waals surface area contributed by atoms with Crippen molar-refractivity contribution in [2.24, 2.45) is 0 Å². The fourth-order valence-corrected chi connectivity index (χ4v) is 4.70. The summed E-state index contributed by atoms with van der Waals surface area (Å²) < 4.78 is 5.77. The third kappa shape index (κ3) is 6.77. The summed E-state index contributed by atoms with van der Waals surface area (Å²) in [6.45, 7) is 5.55. The zero-order valence-electron chi connectivity index (χ0n) is 21.2. The molecular weight excluding hydrogens is 488 g/mol. The number of carbonyl (C=O) groups is 1. The third-order valence-electron chi connectivity index (χ3n) is 6.86. The van der Waals surface area contributed by atoms with E-state index in [0.29, 0.717) is 23.6 Å². The topological polar surface area (TPSA) is 82.9 Å². The number of carboxylic acids is 1. The number of halogens is 1. The van der Waals surface area contributed by atoms with Crippen molar-refractivity contribution in [1.82, 2.24) is 9.88 Å². The van der Waals surface area contributed by atoms with Crippen LogP contribution in [0.5, 0.6) is 5.75 Å². The van der Waals surface area contributed by atoms with Gasteiger partial charge in [-0.05, 0) is 80.1 Å². The summed E-state index contributed by atoms with van der Waals surface area (Å²) in [7, 11) is 0. The maximum Gasteiger partial charge on any atom is 0.347 e. The van der Waals surface area contributed by atoms with Crippen LogP contribution < -0.4 is 4.74 Å².